The SMILES string of the molecule is CC(=O)Nc1ccc(C(=O)N2Cc3nn(-c4ccccc4C)c(-n4cccc4)c3C2)cc1. The van der Waals surface area contributed by atoms with Gasteiger partial charge in [-0.3, -0.25) is 9.59 Å². The van der Waals surface area contributed by atoms with Crippen molar-refractivity contribution in [3.63, 3.8) is 0 Å². The molecule has 4 aromatic rings. The number of nitrogens with zero attached hydrogens (tertiary/aromatic N) is 4. The first-order chi connectivity index (χ1) is 15.5. The molecule has 1 aliphatic heterocycles. The summed E-state index contributed by atoms with van der Waals surface area (Å²) in [6.45, 7) is 4.47. The Balaban J connectivity index is 1.47. The van der Waals surface area contributed by atoms with Gasteiger partial charge in [0, 0.05) is 36.1 Å². The third-order valence-corrected chi connectivity index (χ3v) is 5.66. The smallest absolute Gasteiger partial charge is 0.254 e. The van der Waals surface area contributed by atoms with Gasteiger partial charge < -0.3 is 14.8 Å². The van der Waals surface area contributed by atoms with E-state index in [1.807, 2.05) is 41.3 Å². The summed E-state index contributed by atoms with van der Waals surface area (Å²) in [4.78, 5) is 26.2. The maximum atomic E-state index is 13.2. The first-order valence-corrected chi connectivity index (χ1v) is 10.5. The van der Waals surface area contributed by atoms with Crippen LogP contribution in [-0.4, -0.2) is 31.1 Å². The Morgan fingerprint density at radius 3 is 2.34 bits per heavy atom. The second kappa shape index (κ2) is 7.85. The van der Waals surface area contributed by atoms with Crippen molar-refractivity contribution in [2.75, 3.05) is 5.32 Å². The second-order valence-electron chi connectivity index (χ2n) is 7.96. The van der Waals surface area contributed by atoms with E-state index in [-0.39, 0.29) is 11.8 Å². The van der Waals surface area contributed by atoms with Crippen LogP contribution < -0.4 is 5.32 Å². The van der Waals surface area contributed by atoms with Crippen LogP contribution in [0.3, 0.4) is 0 Å². The van der Waals surface area contributed by atoms with Gasteiger partial charge in [-0.1, -0.05) is 18.2 Å². The highest BCUT2D eigenvalue weighted by Gasteiger charge is 2.32. The Hall–Kier alpha value is -4.13. The number of hydrogen-bond acceptors (Lipinski definition) is 3. The Bertz CT molecular complexity index is 1300. The average Bonchev–Trinajstić information content (AvgIpc) is 3.50. The molecule has 0 fully saturated rings. The fraction of sp³-hybridized carbons (Fsp3) is 0.160. The molecule has 160 valence electrons. The number of amides is 2. The molecule has 2 aromatic heterocycles. The quantitative estimate of drug-likeness (QED) is 0.535. The molecule has 7 heteroatoms. The molecule has 1 N–H and O–H groups in total. The highest BCUT2D eigenvalue weighted by Crippen LogP contribution is 2.32. The topological polar surface area (TPSA) is 72.2 Å². The number of carbonyl (C=O) groups is 2. The van der Waals surface area contributed by atoms with Gasteiger partial charge in [0.25, 0.3) is 5.91 Å². The molecule has 0 atom stereocenters. The fourth-order valence-corrected chi connectivity index (χ4v) is 4.14. The van der Waals surface area contributed by atoms with E-state index >= 15 is 0 Å². The molecule has 32 heavy (non-hydrogen) atoms. The molecule has 7 nitrogen and oxygen atoms in total. The van der Waals surface area contributed by atoms with Crippen LogP contribution in [0, 0.1) is 6.92 Å². The van der Waals surface area contributed by atoms with Crippen LogP contribution in [0.2, 0.25) is 0 Å². The Kier molecular flexibility index (Phi) is 4.86. The van der Waals surface area contributed by atoms with E-state index in [4.69, 9.17) is 5.10 Å². The second-order valence-corrected chi connectivity index (χ2v) is 7.96. The van der Waals surface area contributed by atoms with Crippen LogP contribution in [0.1, 0.15) is 34.1 Å². The third-order valence-electron chi connectivity index (χ3n) is 5.66. The largest absolute Gasteiger partial charge is 0.328 e. The lowest BCUT2D eigenvalue weighted by atomic mass is 10.2. The molecule has 0 radical (unpaired) electrons. The van der Waals surface area contributed by atoms with E-state index in [2.05, 4.69) is 28.9 Å². The molecule has 0 bridgehead atoms. The van der Waals surface area contributed by atoms with Crippen molar-refractivity contribution >= 4 is 17.5 Å². The minimum atomic E-state index is -0.142. The molecular weight excluding hydrogens is 402 g/mol. The summed E-state index contributed by atoms with van der Waals surface area (Å²) in [6.07, 6.45) is 3.99. The van der Waals surface area contributed by atoms with Crippen LogP contribution in [0.4, 0.5) is 5.69 Å². The molecule has 5 rings (SSSR count). The maximum Gasteiger partial charge on any atom is 0.254 e. The van der Waals surface area contributed by atoms with Crippen molar-refractivity contribution in [2.45, 2.75) is 26.9 Å². The van der Waals surface area contributed by atoms with Crippen LogP contribution in [-0.2, 0) is 17.9 Å². The summed E-state index contributed by atoms with van der Waals surface area (Å²) in [7, 11) is 0. The molecule has 0 saturated heterocycles. The molecule has 2 amide bonds. The Morgan fingerprint density at radius 2 is 1.66 bits per heavy atom. The molecule has 0 aliphatic carbocycles. The van der Waals surface area contributed by atoms with Crippen LogP contribution >= 0.6 is 0 Å². The third kappa shape index (κ3) is 3.47. The zero-order valence-electron chi connectivity index (χ0n) is 17.9. The van der Waals surface area contributed by atoms with E-state index < -0.39 is 0 Å². The summed E-state index contributed by atoms with van der Waals surface area (Å²) >= 11 is 0. The van der Waals surface area contributed by atoms with Gasteiger partial charge in [0.2, 0.25) is 5.91 Å². The molecule has 0 saturated carbocycles. The number of aromatic nitrogens is 3. The monoisotopic (exact) mass is 425 g/mol. The number of anilines is 1. The highest BCUT2D eigenvalue weighted by molar-refractivity contribution is 5.95. The summed E-state index contributed by atoms with van der Waals surface area (Å²) < 4.78 is 4.03. The maximum absolute atomic E-state index is 13.2. The van der Waals surface area contributed by atoms with Crippen LogP contribution in [0.15, 0.2) is 73.1 Å². The molecular formula is C25H23N5O2. The summed E-state index contributed by atoms with van der Waals surface area (Å²) in [5.74, 6) is 0.756. The number of fused-ring (bicyclic) bond motifs is 1. The number of aryl methyl sites for hydroxylation is 1. The normalized spacial score (nSPS) is 12.6. The van der Waals surface area contributed by atoms with Crippen LogP contribution in [0.25, 0.3) is 11.5 Å². The first kappa shape index (κ1) is 19.8. The average molecular weight is 425 g/mol. The molecule has 0 unspecified atom stereocenters. The van der Waals surface area contributed by atoms with Gasteiger partial charge in [-0.05, 0) is 55.0 Å². The van der Waals surface area contributed by atoms with Crippen molar-refractivity contribution in [1.29, 1.82) is 0 Å². The molecule has 3 heterocycles. The predicted octanol–water partition coefficient (Wildman–Crippen LogP) is 4.09. The zero-order chi connectivity index (χ0) is 22.2. The minimum Gasteiger partial charge on any atom is -0.328 e. The van der Waals surface area contributed by atoms with Crippen molar-refractivity contribution in [3.05, 3.63) is 95.4 Å². The van der Waals surface area contributed by atoms with Gasteiger partial charge >= 0.3 is 0 Å². The zero-order valence-corrected chi connectivity index (χ0v) is 17.9. The van der Waals surface area contributed by atoms with Crippen molar-refractivity contribution in [2.24, 2.45) is 0 Å². The standard InChI is InChI=1S/C25H23N5O2/c1-17-7-3-4-8-23(17)30-24(28-13-5-6-14-28)21-15-29(16-22(21)27-30)25(32)19-9-11-20(12-10-19)26-18(2)31/h3-14H,15-16H2,1-2H3,(H,26,31). The number of carbonyl (C=O) groups excluding carboxylic acids is 2. The van der Waals surface area contributed by atoms with Crippen molar-refractivity contribution < 1.29 is 9.59 Å². The predicted molar refractivity (Wildman–Crippen MR) is 122 cm³/mol. The fourth-order valence-electron chi connectivity index (χ4n) is 4.14. The number of benzene rings is 2. The van der Waals surface area contributed by atoms with E-state index in [1.165, 1.54) is 6.92 Å². The Labute approximate surface area is 185 Å². The molecule has 1 aliphatic rings. The van der Waals surface area contributed by atoms with Gasteiger partial charge in [-0.2, -0.15) is 5.10 Å². The lowest BCUT2D eigenvalue weighted by Gasteiger charge is -2.18. The van der Waals surface area contributed by atoms with Crippen molar-refractivity contribution in [3.8, 4) is 11.5 Å². The van der Waals surface area contributed by atoms with Gasteiger partial charge in [0.1, 0.15) is 5.82 Å². The van der Waals surface area contributed by atoms with Gasteiger partial charge in [0.05, 0.1) is 24.5 Å². The van der Waals surface area contributed by atoms with E-state index in [9.17, 15) is 9.59 Å². The molecule has 0 spiro atoms. The van der Waals surface area contributed by atoms with Gasteiger partial charge in [0.15, 0.2) is 0 Å². The van der Waals surface area contributed by atoms with E-state index in [0.29, 0.717) is 24.3 Å². The lowest BCUT2D eigenvalue weighted by Crippen LogP contribution is -2.26. The van der Waals surface area contributed by atoms with Crippen molar-refractivity contribution in [1.82, 2.24) is 19.2 Å². The Morgan fingerprint density at radius 1 is 0.938 bits per heavy atom. The number of hydrogen-bond donors (Lipinski definition) is 1. The number of nitrogens with one attached hydrogen (secondary N) is 1. The summed E-state index contributed by atoms with van der Waals surface area (Å²) in [5.41, 5.74) is 5.36. The number of para-hydroxylation sites is 1. The minimum absolute atomic E-state index is 0.0572. The van der Waals surface area contributed by atoms with Crippen LogP contribution in [0.5, 0.6) is 0 Å². The summed E-state index contributed by atoms with van der Waals surface area (Å²) in [5, 5.41) is 7.63. The lowest BCUT2D eigenvalue weighted by molar-refractivity contribution is -0.114. The highest BCUT2D eigenvalue weighted by atomic mass is 16.2. The number of rotatable bonds is 4. The van der Waals surface area contributed by atoms with Gasteiger partial charge in [-0.25, -0.2) is 4.68 Å². The molecule has 2 aromatic carbocycles. The van der Waals surface area contributed by atoms with Gasteiger partial charge in [-0.15, -0.1) is 0 Å². The van der Waals surface area contributed by atoms with E-state index in [0.717, 1.165) is 28.3 Å². The van der Waals surface area contributed by atoms with E-state index in [1.54, 1.807) is 29.2 Å². The first-order valence-electron chi connectivity index (χ1n) is 10.5. The summed E-state index contributed by atoms with van der Waals surface area (Å²) in [6, 6.07) is 19.1.